The lowest BCUT2D eigenvalue weighted by Gasteiger charge is -2.31. The highest BCUT2D eigenvalue weighted by atomic mass is 79.9. The number of amides is 1. The minimum absolute atomic E-state index is 0.0262. The number of nitriles is 1. The Hall–Kier alpha value is -1.05. The van der Waals surface area contributed by atoms with Crippen molar-refractivity contribution in [1.29, 1.82) is 5.26 Å². The summed E-state index contributed by atoms with van der Waals surface area (Å²) < 4.78 is 0.736. The van der Waals surface area contributed by atoms with Gasteiger partial charge in [-0.3, -0.25) is 4.79 Å². The number of carbonyl (C=O) groups excluding carboxylic acids is 1. The molecule has 0 radical (unpaired) electrons. The van der Waals surface area contributed by atoms with Crippen LogP contribution in [0.4, 0.5) is 0 Å². The lowest BCUT2D eigenvalue weighted by atomic mass is 9.94. The molecule has 0 atom stereocenters. The van der Waals surface area contributed by atoms with Crippen LogP contribution in [0.15, 0.2) is 22.7 Å². The zero-order valence-electron chi connectivity index (χ0n) is 10.4. The van der Waals surface area contributed by atoms with E-state index >= 15 is 0 Å². The van der Waals surface area contributed by atoms with E-state index in [1.165, 1.54) is 0 Å². The van der Waals surface area contributed by atoms with Crippen molar-refractivity contribution in [1.82, 2.24) is 4.90 Å². The molecule has 0 spiro atoms. The van der Waals surface area contributed by atoms with Gasteiger partial charge in [-0.25, -0.2) is 0 Å². The number of piperidine rings is 1. The van der Waals surface area contributed by atoms with Gasteiger partial charge >= 0.3 is 0 Å². The topological polar surface area (TPSA) is 44.1 Å². The molecule has 1 aromatic carbocycles. The highest BCUT2D eigenvalue weighted by Gasteiger charge is 2.25. The monoisotopic (exact) mass is 340 g/mol. The Morgan fingerprint density at radius 1 is 1.47 bits per heavy atom. The molecule has 0 N–H and O–H groups in total. The lowest BCUT2D eigenvalue weighted by molar-refractivity contribution is 0.0692. The molecular formula is C14H14BrClN2O. The van der Waals surface area contributed by atoms with E-state index in [0.717, 1.165) is 17.3 Å². The molecule has 0 unspecified atom stereocenters. The number of hydrogen-bond acceptors (Lipinski definition) is 2. The number of carbonyl (C=O) groups is 1. The van der Waals surface area contributed by atoms with Gasteiger partial charge in [0, 0.05) is 24.0 Å². The van der Waals surface area contributed by atoms with E-state index in [2.05, 4.69) is 22.0 Å². The van der Waals surface area contributed by atoms with E-state index in [1.54, 1.807) is 6.07 Å². The number of nitrogens with zero attached hydrogens (tertiary/aromatic N) is 2. The third-order valence-electron chi connectivity index (χ3n) is 3.46. The third kappa shape index (κ3) is 3.29. The molecule has 0 saturated carbocycles. The van der Waals surface area contributed by atoms with Crippen molar-refractivity contribution >= 4 is 33.4 Å². The first-order valence-corrected chi connectivity index (χ1v) is 7.41. The molecule has 0 aromatic heterocycles. The molecule has 0 aliphatic carbocycles. The fourth-order valence-electron chi connectivity index (χ4n) is 2.31. The number of halogens is 2. The van der Waals surface area contributed by atoms with Crippen LogP contribution in [0.3, 0.4) is 0 Å². The third-order valence-corrected chi connectivity index (χ3v) is 4.76. The minimum Gasteiger partial charge on any atom is -0.339 e. The molecule has 1 aliphatic heterocycles. The molecular weight excluding hydrogens is 328 g/mol. The van der Waals surface area contributed by atoms with Crippen molar-refractivity contribution in [2.75, 3.05) is 13.1 Å². The number of likely N-dealkylation sites (tertiary alicyclic amines) is 1. The smallest absolute Gasteiger partial charge is 0.255 e. The largest absolute Gasteiger partial charge is 0.339 e. The summed E-state index contributed by atoms with van der Waals surface area (Å²) in [6.07, 6.45) is 2.37. The van der Waals surface area contributed by atoms with Gasteiger partial charge in [-0.2, -0.15) is 5.26 Å². The van der Waals surface area contributed by atoms with Crippen LogP contribution in [0, 0.1) is 17.2 Å². The van der Waals surface area contributed by atoms with Crippen LogP contribution in [0.2, 0.25) is 5.02 Å². The molecule has 100 valence electrons. The van der Waals surface area contributed by atoms with Gasteiger partial charge in [0.1, 0.15) is 0 Å². The second-order valence-electron chi connectivity index (χ2n) is 4.70. The van der Waals surface area contributed by atoms with Crippen LogP contribution in [0.1, 0.15) is 29.6 Å². The van der Waals surface area contributed by atoms with Crippen LogP contribution in [-0.4, -0.2) is 23.9 Å². The highest BCUT2D eigenvalue weighted by molar-refractivity contribution is 9.10. The first kappa shape index (κ1) is 14.4. The highest BCUT2D eigenvalue weighted by Crippen LogP contribution is 2.28. The van der Waals surface area contributed by atoms with Crippen LogP contribution >= 0.6 is 27.5 Å². The molecule has 5 heteroatoms. The minimum atomic E-state index is -0.0262. The summed E-state index contributed by atoms with van der Waals surface area (Å²) in [6.45, 7) is 1.40. The summed E-state index contributed by atoms with van der Waals surface area (Å²) in [5.41, 5.74) is 0.537. The molecule has 1 aromatic rings. The quantitative estimate of drug-likeness (QED) is 0.819. The van der Waals surface area contributed by atoms with Crippen LogP contribution in [-0.2, 0) is 0 Å². The normalized spacial score (nSPS) is 16.2. The summed E-state index contributed by atoms with van der Waals surface area (Å²) in [6, 6.07) is 7.57. The van der Waals surface area contributed by atoms with Crippen LogP contribution < -0.4 is 0 Å². The summed E-state index contributed by atoms with van der Waals surface area (Å²) in [5.74, 6) is 0.397. The van der Waals surface area contributed by atoms with Crippen molar-refractivity contribution in [3.8, 4) is 6.07 Å². The maximum Gasteiger partial charge on any atom is 0.255 e. The molecule has 19 heavy (non-hydrogen) atoms. The number of rotatable bonds is 2. The van der Waals surface area contributed by atoms with Crippen molar-refractivity contribution in [3.63, 3.8) is 0 Å². The predicted octanol–water partition coefficient (Wildman–Crippen LogP) is 3.87. The van der Waals surface area contributed by atoms with Gasteiger partial charge in [0.15, 0.2) is 0 Å². The first-order chi connectivity index (χ1) is 9.13. The van der Waals surface area contributed by atoms with Crippen LogP contribution in [0.5, 0.6) is 0 Å². The summed E-state index contributed by atoms with van der Waals surface area (Å²) in [5, 5.41) is 9.15. The van der Waals surface area contributed by atoms with Gasteiger partial charge < -0.3 is 4.90 Å². The Balaban J connectivity index is 2.06. The van der Waals surface area contributed by atoms with Gasteiger partial charge in [0.2, 0.25) is 0 Å². The van der Waals surface area contributed by atoms with Gasteiger partial charge in [0.05, 0.1) is 16.7 Å². The predicted molar refractivity (Wildman–Crippen MR) is 78.0 cm³/mol. The van der Waals surface area contributed by atoms with Crippen LogP contribution in [0.25, 0.3) is 0 Å². The average Bonchev–Trinajstić information content (AvgIpc) is 2.42. The fourth-order valence-corrected chi connectivity index (χ4v) is 2.88. The molecule has 1 heterocycles. The lowest BCUT2D eigenvalue weighted by Crippen LogP contribution is -2.38. The molecule has 1 aliphatic rings. The fraction of sp³-hybridized carbons (Fsp3) is 0.429. The summed E-state index contributed by atoms with van der Waals surface area (Å²) in [7, 11) is 0. The Labute approximate surface area is 126 Å². The van der Waals surface area contributed by atoms with Gasteiger partial charge in [-0.1, -0.05) is 17.7 Å². The summed E-state index contributed by atoms with van der Waals surface area (Å²) >= 11 is 9.48. The van der Waals surface area contributed by atoms with E-state index < -0.39 is 0 Å². The zero-order chi connectivity index (χ0) is 13.8. The standard InChI is InChI=1S/C14H14BrClN2O/c15-12-3-1-2-11(13(12)16)14(19)18-8-5-10(4-7-17)6-9-18/h1-3,10H,4-6,8-9H2. The van der Waals surface area contributed by atoms with E-state index in [0.29, 0.717) is 36.0 Å². The first-order valence-electron chi connectivity index (χ1n) is 6.23. The summed E-state index contributed by atoms with van der Waals surface area (Å²) in [4.78, 5) is 14.2. The Morgan fingerprint density at radius 2 is 2.16 bits per heavy atom. The van der Waals surface area contributed by atoms with E-state index in [1.807, 2.05) is 17.0 Å². The van der Waals surface area contributed by atoms with Crippen molar-refractivity contribution in [3.05, 3.63) is 33.3 Å². The van der Waals surface area contributed by atoms with Crippen molar-refractivity contribution in [2.45, 2.75) is 19.3 Å². The van der Waals surface area contributed by atoms with Crippen molar-refractivity contribution < 1.29 is 4.79 Å². The second kappa shape index (κ2) is 6.40. The number of hydrogen-bond donors (Lipinski definition) is 0. The molecule has 1 fully saturated rings. The maximum atomic E-state index is 12.4. The van der Waals surface area contributed by atoms with Gasteiger partial charge in [0.25, 0.3) is 5.91 Å². The molecule has 3 nitrogen and oxygen atoms in total. The molecule has 1 saturated heterocycles. The van der Waals surface area contributed by atoms with E-state index in [4.69, 9.17) is 16.9 Å². The Morgan fingerprint density at radius 3 is 2.79 bits per heavy atom. The second-order valence-corrected chi connectivity index (χ2v) is 5.93. The molecule has 1 amide bonds. The maximum absolute atomic E-state index is 12.4. The van der Waals surface area contributed by atoms with Gasteiger partial charge in [-0.15, -0.1) is 0 Å². The Kier molecular flexibility index (Phi) is 4.84. The SMILES string of the molecule is N#CCC1CCN(C(=O)c2cccc(Br)c2Cl)CC1. The van der Waals surface area contributed by atoms with E-state index in [9.17, 15) is 4.79 Å². The molecule has 0 bridgehead atoms. The number of benzene rings is 1. The molecule has 2 rings (SSSR count). The van der Waals surface area contributed by atoms with E-state index in [-0.39, 0.29) is 5.91 Å². The Bertz CT molecular complexity index is 519. The average molecular weight is 342 g/mol. The van der Waals surface area contributed by atoms with Crippen molar-refractivity contribution in [2.24, 2.45) is 5.92 Å². The van der Waals surface area contributed by atoms with Gasteiger partial charge in [-0.05, 0) is 46.8 Å². The zero-order valence-corrected chi connectivity index (χ0v) is 12.7.